The van der Waals surface area contributed by atoms with Crippen LogP contribution in [0, 0.1) is 0 Å². The molecule has 0 aliphatic carbocycles. The van der Waals surface area contributed by atoms with E-state index in [0.29, 0.717) is 6.42 Å². The van der Waals surface area contributed by atoms with Crippen LogP contribution >= 0.6 is 0 Å². The van der Waals surface area contributed by atoms with Crippen LogP contribution < -0.4 is 5.73 Å². The molecule has 0 heterocycles. The normalized spacial score (nSPS) is 13.8. The van der Waals surface area contributed by atoms with Crippen LogP contribution in [0.4, 0.5) is 0 Å². The van der Waals surface area contributed by atoms with E-state index in [9.17, 15) is 0 Å². The molecule has 0 aromatic rings. The van der Waals surface area contributed by atoms with Crippen LogP contribution in [0.15, 0.2) is 12.7 Å². The molecule has 0 spiro atoms. The van der Waals surface area contributed by atoms with Crippen LogP contribution in [-0.2, 0) is 0 Å². The van der Waals surface area contributed by atoms with E-state index in [1.165, 1.54) is 0 Å². The smallest absolute Gasteiger partial charge is 0.152 e. The molecule has 0 saturated heterocycles. The van der Waals surface area contributed by atoms with Crippen molar-refractivity contribution in [1.82, 2.24) is 0 Å². The molecule has 0 amide bonds. The Morgan fingerprint density at radius 3 is 2.44 bits per heavy atom. The minimum absolute atomic E-state index is 0.178. The van der Waals surface area contributed by atoms with Gasteiger partial charge in [-0.05, 0) is 6.42 Å². The molecule has 54 valence electrons. The summed E-state index contributed by atoms with van der Waals surface area (Å²) in [6.07, 6.45) is 1.21. The predicted octanol–water partition coefficient (Wildman–Crippen LogP) is -0.409. The van der Waals surface area contributed by atoms with Gasteiger partial charge < -0.3 is 15.9 Å². The lowest BCUT2D eigenvalue weighted by Crippen LogP contribution is -2.25. The second-order valence-electron chi connectivity index (χ2n) is 2.00. The fraction of sp³-hybridized carbons (Fsp3) is 0.667. The molecule has 0 bridgehead atoms. The van der Waals surface area contributed by atoms with Crippen molar-refractivity contribution in [2.24, 2.45) is 5.73 Å². The highest BCUT2D eigenvalue weighted by atomic mass is 16.5. The number of aliphatic hydroxyl groups is 2. The highest BCUT2D eigenvalue weighted by molar-refractivity contribution is 4.75. The lowest BCUT2D eigenvalue weighted by molar-refractivity contribution is -0.0490. The van der Waals surface area contributed by atoms with E-state index in [1.807, 2.05) is 0 Å². The van der Waals surface area contributed by atoms with Crippen molar-refractivity contribution in [1.29, 1.82) is 0 Å². The summed E-state index contributed by atoms with van der Waals surface area (Å²) < 4.78 is 0. The van der Waals surface area contributed by atoms with Crippen LogP contribution in [0.2, 0.25) is 0 Å². The van der Waals surface area contributed by atoms with Crippen molar-refractivity contribution in [2.45, 2.75) is 25.2 Å². The van der Waals surface area contributed by atoms with Crippen molar-refractivity contribution < 1.29 is 10.2 Å². The SMILES string of the molecule is C=CCC(N)CC(O)O. The van der Waals surface area contributed by atoms with Crippen LogP contribution in [0.5, 0.6) is 0 Å². The molecule has 4 N–H and O–H groups in total. The number of aliphatic hydroxyl groups excluding tert-OH is 1. The Balaban J connectivity index is 3.25. The first-order valence-corrected chi connectivity index (χ1v) is 2.89. The molecular weight excluding hydrogens is 118 g/mol. The Labute approximate surface area is 54.8 Å². The second-order valence-corrected chi connectivity index (χ2v) is 2.00. The molecule has 0 aliphatic rings. The molecule has 3 heteroatoms. The van der Waals surface area contributed by atoms with E-state index in [4.69, 9.17) is 15.9 Å². The fourth-order valence-corrected chi connectivity index (χ4v) is 0.581. The highest BCUT2D eigenvalue weighted by Gasteiger charge is 2.04. The van der Waals surface area contributed by atoms with Gasteiger partial charge in [0.15, 0.2) is 6.29 Å². The summed E-state index contributed by atoms with van der Waals surface area (Å²) in [5.74, 6) is 0. The van der Waals surface area contributed by atoms with E-state index in [0.717, 1.165) is 0 Å². The number of hydrogen-bond acceptors (Lipinski definition) is 3. The van der Waals surface area contributed by atoms with Crippen molar-refractivity contribution in [3.8, 4) is 0 Å². The van der Waals surface area contributed by atoms with Crippen LogP contribution in [0.3, 0.4) is 0 Å². The van der Waals surface area contributed by atoms with Gasteiger partial charge in [-0.15, -0.1) is 6.58 Å². The average molecular weight is 131 g/mol. The largest absolute Gasteiger partial charge is 0.368 e. The summed E-state index contributed by atoms with van der Waals surface area (Å²) in [6.45, 7) is 3.46. The molecule has 9 heavy (non-hydrogen) atoms. The van der Waals surface area contributed by atoms with Gasteiger partial charge in [0.1, 0.15) is 0 Å². The van der Waals surface area contributed by atoms with Gasteiger partial charge in [-0.1, -0.05) is 6.08 Å². The molecule has 0 saturated carbocycles. The summed E-state index contributed by atoms with van der Waals surface area (Å²) in [7, 11) is 0. The minimum atomic E-state index is -1.29. The molecule has 3 nitrogen and oxygen atoms in total. The van der Waals surface area contributed by atoms with Gasteiger partial charge in [0.05, 0.1) is 0 Å². The first kappa shape index (κ1) is 8.62. The highest BCUT2D eigenvalue weighted by Crippen LogP contribution is 1.96. The zero-order valence-electron chi connectivity index (χ0n) is 5.33. The average Bonchev–Trinajstić information content (AvgIpc) is 1.63. The van der Waals surface area contributed by atoms with Crippen molar-refractivity contribution >= 4 is 0 Å². The van der Waals surface area contributed by atoms with Gasteiger partial charge in [-0.2, -0.15) is 0 Å². The summed E-state index contributed by atoms with van der Waals surface area (Å²) in [5, 5.41) is 16.8. The maximum Gasteiger partial charge on any atom is 0.152 e. The van der Waals surface area contributed by atoms with Crippen molar-refractivity contribution in [2.75, 3.05) is 0 Å². The zero-order chi connectivity index (χ0) is 7.28. The molecular formula is C6H13NO2. The van der Waals surface area contributed by atoms with Gasteiger partial charge in [0.2, 0.25) is 0 Å². The third-order valence-electron chi connectivity index (χ3n) is 0.983. The zero-order valence-corrected chi connectivity index (χ0v) is 5.33. The van der Waals surface area contributed by atoms with Gasteiger partial charge in [0, 0.05) is 12.5 Å². The predicted molar refractivity (Wildman–Crippen MR) is 35.6 cm³/mol. The van der Waals surface area contributed by atoms with E-state index in [1.54, 1.807) is 6.08 Å². The molecule has 1 atom stereocenters. The van der Waals surface area contributed by atoms with Gasteiger partial charge >= 0.3 is 0 Å². The fourth-order valence-electron chi connectivity index (χ4n) is 0.581. The maximum absolute atomic E-state index is 8.39. The van der Waals surface area contributed by atoms with Gasteiger partial charge in [-0.25, -0.2) is 0 Å². The Kier molecular flexibility index (Phi) is 4.30. The molecule has 0 aromatic heterocycles. The molecule has 1 unspecified atom stereocenters. The lowest BCUT2D eigenvalue weighted by atomic mass is 10.1. The lowest BCUT2D eigenvalue weighted by Gasteiger charge is -2.08. The third-order valence-corrected chi connectivity index (χ3v) is 0.983. The Bertz CT molecular complexity index is 83.1. The summed E-state index contributed by atoms with van der Waals surface area (Å²) in [6, 6.07) is -0.178. The monoisotopic (exact) mass is 131 g/mol. The van der Waals surface area contributed by atoms with Gasteiger partial charge in [0.25, 0.3) is 0 Å². The van der Waals surface area contributed by atoms with E-state index in [-0.39, 0.29) is 12.5 Å². The number of hydrogen-bond donors (Lipinski definition) is 3. The molecule has 0 aromatic carbocycles. The van der Waals surface area contributed by atoms with Crippen molar-refractivity contribution in [3.63, 3.8) is 0 Å². The van der Waals surface area contributed by atoms with Gasteiger partial charge in [-0.3, -0.25) is 0 Å². The second kappa shape index (κ2) is 4.49. The number of nitrogens with two attached hydrogens (primary N) is 1. The molecule has 0 fully saturated rings. The topological polar surface area (TPSA) is 66.5 Å². The maximum atomic E-state index is 8.39. The Hall–Kier alpha value is -0.380. The van der Waals surface area contributed by atoms with E-state index < -0.39 is 6.29 Å². The Morgan fingerprint density at radius 1 is 1.56 bits per heavy atom. The summed E-state index contributed by atoms with van der Waals surface area (Å²) >= 11 is 0. The quantitative estimate of drug-likeness (QED) is 0.359. The van der Waals surface area contributed by atoms with Crippen LogP contribution in [0.1, 0.15) is 12.8 Å². The molecule has 0 rings (SSSR count). The van der Waals surface area contributed by atoms with Crippen LogP contribution in [0.25, 0.3) is 0 Å². The third kappa shape index (κ3) is 5.49. The summed E-state index contributed by atoms with van der Waals surface area (Å²) in [4.78, 5) is 0. The van der Waals surface area contributed by atoms with Crippen molar-refractivity contribution in [3.05, 3.63) is 12.7 Å². The van der Waals surface area contributed by atoms with Crippen LogP contribution in [-0.4, -0.2) is 22.5 Å². The molecule has 0 aliphatic heterocycles. The Morgan fingerprint density at radius 2 is 2.11 bits per heavy atom. The van der Waals surface area contributed by atoms with E-state index in [2.05, 4.69) is 6.58 Å². The van der Waals surface area contributed by atoms with E-state index >= 15 is 0 Å². The standard InChI is InChI=1S/C6H13NO2/c1-2-3-5(7)4-6(8)9/h2,5-6,8-9H,1,3-4,7H2. The summed E-state index contributed by atoms with van der Waals surface area (Å²) in [5.41, 5.74) is 5.39. The number of rotatable bonds is 4. The first-order chi connectivity index (χ1) is 4.16. The molecule has 0 radical (unpaired) electrons. The first-order valence-electron chi connectivity index (χ1n) is 2.89. The minimum Gasteiger partial charge on any atom is -0.368 e.